The van der Waals surface area contributed by atoms with Gasteiger partial charge in [0.1, 0.15) is 5.15 Å². The van der Waals surface area contributed by atoms with Crippen molar-refractivity contribution in [2.24, 2.45) is 5.92 Å². The number of pyridine rings is 1. The van der Waals surface area contributed by atoms with Gasteiger partial charge in [0.05, 0.1) is 5.69 Å². The lowest BCUT2D eigenvalue weighted by atomic mass is 9.87. The number of aromatic nitrogens is 1. The topological polar surface area (TPSA) is 42.2 Å². The van der Waals surface area contributed by atoms with Gasteiger partial charge in [0.15, 0.2) is 5.82 Å². The highest BCUT2D eigenvalue weighted by Crippen LogP contribution is 2.31. The molecule has 4 heteroatoms. The molecule has 94 valence electrons. The first-order valence-electron chi connectivity index (χ1n) is 6.22. The summed E-state index contributed by atoms with van der Waals surface area (Å²) in [5.41, 5.74) is 6.67. The minimum atomic E-state index is 0.505. The van der Waals surface area contributed by atoms with E-state index in [1.165, 1.54) is 25.7 Å². The Morgan fingerprint density at radius 3 is 2.59 bits per heavy atom. The minimum Gasteiger partial charge on any atom is -0.396 e. The maximum Gasteiger partial charge on any atom is 0.153 e. The van der Waals surface area contributed by atoms with E-state index in [4.69, 9.17) is 17.3 Å². The van der Waals surface area contributed by atoms with Gasteiger partial charge in [-0.3, -0.25) is 0 Å². The molecule has 0 aromatic carbocycles. The monoisotopic (exact) mass is 253 g/mol. The third kappa shape index (κ3) is 2.83. The van der Waals surface area contributed by atoms with Crippen LogP contribution < -0.4 is 10.6 Å². The summed E-state index contributed by atoms with van der Waals surface area (Å²) in [6, 6.07) is 4.10. The molecule has 0 unspecified atom stereocenters. The Morgan fingerprint density at radius 2 is 1.94 bits per heavy atom. The van der Waals surface area contributed by atoms with Crippen LogP contribution in [0.2, 0.25) is 5.15 Å². The first-order valence-corrected chi connectivity index (χ1v) is 6.60. The van der Waals surface area contributed by atoms with E-state index < -0.39 is 0 Å². The highest BCUT2D eigenvalue weighted by molar-refractivity contribution is 6.29. The second kappa shape index (κ2) is 5.13. The average molecular weight is 254 g/mol. The van der Waals surface area contributed by atoms with Crippen molar-refractivity contribution in [1.29, 1.82) is 0 Å². The fourth-order valence-corrected chi connectivity index (χ4v) is 2.66. The quantitative estimate of drug-likeness (QED) is 0.822. The van der Waals surface area contributed by atoms with Crippen LogP contribution in [0, 0.1) is 5.92 Å². The summed E-state index contributed by atoms with van der Waals surface area (Å²) in [7, 11) is 2.07. The molecule has 1 aromatic rings. The Morgan fingerprint density at radius 1 is 1.29 bits per heavy atom. The molecule has 0 atom stereocenters. The van der Waals surface area contributed by atoms with E-state index in [9.17, 15) is 0 Å². The van der Waals surface area contributed by atoms with Crippen LogP contribution in [0.15, 0.2) is 12.1 Å². The summed E-state index contributed by atoms with van der Waals surface area (Å²) < 4.78 is 0. The van der Waals surface area contributed by atoms with Crippen molar-refractivity contribution in [3.63, 3.8) is 0 Å². The Hall–Kier alpha value is -0.960. The molecule has 1 aromatic heterocycles. The van der Waals surface area contributed by atoms with E-state index in [-0.39, 0.29) is 0 Å². The Kier molecular flexibility index (Phi) is 3.77. The number of halogens is 1. The van der Waals surface area contributed by atoms with Crippen LogP contribution in [0.25, 0.3) is 0 Å². The normalized spacial score (nSPS) is 24.6. The van der Waals surface area contributed by atoms with E-state index in [0.717, 1.165) is 11.7 Å². The third-order valence-electron chi connectivity index (χ3n) is 3.74. The molecule has 1 heterocycles. The van der Waals surface area contributed by atoms with Crippen LogP contribution in [0.4, 0.5) is 11.5 Å². The lowest BCUT2D eigenvalue weighted by molar-refractivity contribution is 0.340. The van der Waals surface area contributed by atoms with Crippen LogP contribution in [-0.2, 0) is 0 Å². The maximum absolute atomic E-state index is 5.96. The smallest absolute Gasteiger partial charge is 0.153 e. The Labute approximate surface area is 108 Å². The number of rotatable bonds is 2. The highest BCUT2D eigenvalue weighted by Gasteiger charge is 2.23. The minimum absolute atomic E-state index is 0.505. The number of hydrogen-bond donors (Lipinski definition) is 1. The number of anilines is 2. The summed E-state index contributed by atoms with van der Waals surface area (Å²) in [6.45, 7) is 2.32. The first-order chi connectivity index (χ1) is 8.08. The molecule has 1 saturated carbocycles. The van der Waals surface area contributed by atoms with Gasteiger partial charge in [0, 0.05) is 13.1 Å². The maximum atomic E-state index is 5.96. The van der Waals surface area contributed by atoms with Crippen molar-refractivity contribution in [3.8, 4) is 0 Å². The van der Waals surface area contributed by atoms with Gasteiger partial charge in [0.2, 0.25) is 0 Å². The molecule has 0 aliphatic heterocycles. The molecule has 0 amide bonds. The van der Waals surface area contributed by atoms with Crippen LogP contribution >= 0.6 is 11.6 Å². The van der Waals surface area contributed by atoms with Gasteiger partial charge in [-0.25, -0.2) is 4.98 Å². The van der Waals surface area contributed by atoms with Crippen molar-refractivity contribution < 1.29 is 0 Å². The van der Waals surface area contributed by atoms with Gasteiger partial charge >= 0.3 is 0 Å². The van der Waals surface area contributed by atoms with Crippen LogP contribution in [0.1, 0.15) is 32.6 Å². The first kappa shape index (κ1) is 12.5. The molecule has 0 spiro atoms. The SMILES string of the molecule is CC1CCC(N(C)c2nc(Cl)ccc2N)CC1. The Bertz CT molecular complexity index is 386. The van der Waals surface area contributed by atoms with E-state index >= 15 is 0 Å². The van der Waals surface area contributed by atoms with E-state index in [1.54, 1.807) is 6.07 Å². The van der Waals surface area contributed by atoms with Crippen molar-refractivity contribution in [2.75, 3.05) is 17.7 Å². The fraction of sp³-hybridized carbons (Fsp3) is 0.615. The standard InChI is InChI=1S/C13H20ClN3/c1-9-3-5-10(6-4-9)17(2)13-11(15)7-8-12(14)16-13/h7-10H,3-6,15H2,1-2H3. The molecule has 0 radical (unpaired) electrons. The van der Waals surface area contributed by atoms with Crippen molar-refractivity contribution in [2.45, 2.75) is 38.6 Å². The average Bonchev–Trinajstić information content (AvgIpc) is 2.32. The predicted octanol–water partition coefficient (Wildman–Crippen LogP) is 3.33. The zero-order valence-corrected chi connectivity index (χ0v) is 11.2. The van der Waals surface area contributed by atoms with Gasteiger partial charge in [-0.05, 0) is 43.7 Å². The zero-order chi connectivity index (χ0) is 12.4. The number of nitrogens with two attached hydrogens (primary N) is 1. The zero-order valence-electron chi connectivity index (χ0n) is 10.5. The van der Waals surface area contributed by atoms with Crippen molar-refractivity contribution in [1.82, 2.24) is 4.98 Å². The molecule has 0 saturated heterocycles. The molecule has 0 bridgehead atoms. The Balaban J connectivity index is 2.13. The largest absolute Gasteiger partial charge is 0.396 e. The van der Waals surface area contributed by atoms with Gasteiger partial charge < -0.3 is 10.6 Å². The summed E-state index contributed by atoms with van der Waals surface area (Å²) in [5, 5.41) is 0.505. The second-order valence-corrected chi connectivity index (χ2v) is 5.46. The molecule has 1 aliphatic rings. The summed E-state index contributed by atoms with van der Waals surface area (Å²) >= 11 is 5.93. The molecule has 2 rings (SSSR count). The third-order valence-corrected chi connectivity index (χ3v) is 3.95. The van der Waals surface area contributed by atoms with Gasteiger partial charge in [-0.2, -0.15) is 0 Å². The van der Waals surface area contributed by atoms with Crippen molar-refractivity contribution >= 4 is 23.1 Å². The van der Waals surface area contributed by atoms with Crippen LogP contribution in [0.5, 0.6) is 0 Å². The van der Waals surface area contributed by atoms with Gasteiger partial charge in [-0.1, -0.05) is 18.5 Å². The molecule has 17 heavy (non-hydrogen) atoms. The predicted molar refractivity (Wildman–Crippen MR) is 73.5 cm³/mol. The van der Waals surface area contributed by atoms with E-state index in [0.29, 0.717) is 16.9 Å². The molecule has 1 aliphatic carbocycles. The molecular formula is C13H20ClN3. The van der Waals surface area contributed by atoms with Gasteiger partial charge in [-0.15, -0.1) is 0 Å². The molecule has 1 fully saturated rings. The number of nitrogens with zero attached hydrogens (tertiary/aromatic N) is 2. The van der Waals surface area contributed by atoms with E-state index in [1.807, 2.05) is 6.07 Å². The van der Waals surface area contributed by atoms with Crippen LogP contribution in [-0.4, -0.2) is 18.1 Å². The number of hydrogen-bond acceptors (Lipinski definition) is 3. The lowest BCUT2D eigenvalue weighted by Crippen LogP contribution is -2.35. The van der Waals surface area contributed by atoms with E-state index in [2.05, 4.69) is 23.9 Å². The molecular weight excluding hydrogens is 234 g/mol. The molecule has 2 N–H and O–H groups in total. The second-order valence-electron chi connectivity index (χ2n) is 5.07. The van der Waals surface area contributed by atoms with Crippen molar-refractivity contribution in [3.05, 3.63) is 17.3 Å². The summed E-state index contributed by atoms with van der Waals surface area (Å²) in [6.07, 6.45) is 5.00. The van der Waals surface area contributed by atoms with Crippen LogP contribution in [0.3, 0.4) is 0 Å². The number of nitrogen functional groups attached to an aromatic ring is 1. The lowest BCUT2D eigenvalue weighted by Gasteiger charge is -2.34. The molecule has 3 nitrogen and oxygen atoms in total. The summed E-state index contributed by atoms with van der Waals surface area (Å²) in [4.78, 5) is 6.52. The summed E-state index contributed by atoms with van der Waals surface area (Å²) in [5.74, 6) is 1.67. The fourth-order valence-electron chi connectivity index (χ4n) is 2.52. The highest BCUT2D eigenvalue weighted by atomic mass is 35.5. The van der Waals surface area contributed by atoms with Gasteiger partial charge in [0.25, 0.3) is 0 Å².